The fraction of sp³-hybridized carbons (Fsp3) is 0.250. The van der Waals surface area contributed by atoms with Crippen LogP contribution in [0.3, 0.4) is 0 Å². The third kappa shape index (κ3) is 2.65. The first-order valence-corrected chi connectivity index (χ1v) is 6.01. The number of hydrogen-bond acceptors (Lipinski definition) is 5. The number of hydrogen-bond donors (Lipinski definition) is 1. The lowest BCUT2D eigenvalue weighted by molar-refractivity contribution is 0.104. The van der Waals surface area contributed by atoms with Gasteiger partial charge in [-0.25, -0.2) is 4.79 Å². The van der Waals surface area contributed by atoms with Gasteiger partial charge < -0.3 is 14.5 Å². The van der Waals surface area contributed by atoms with Gasteiger partial charge in [0.25, 0.3) is 5.56 Å². The second-order valence-electron chi connectivity index (χ2n) is 3.79. The van der Waals surface area contributed by atoms with E-state index in [0.29, 0.717) is 15.7 Å². The molecule has 6 nitrogen and oxygen atoms in total. The van der Waals surface area contributed by atoms with Crippen LogP contribution in [0.2, 0.25) is 0 Å². The zero-order valence-electron chi connectivity index (χ0n) is 10.4. The number of benzene rings is 1. The zero-order valence-corrected chi connectivity index (χ0v) is 11.2. The van der Waals surface area contributed by atoms with E-state index >= 15 is 0 Å². The summed E-state index contributed by atoms with van der Waals surface area (Å²) in [6.45, 7) is 1.90. The molecule has 0 aliphatic heterocycles. The molecule has 1 aromatic heterocycles. The van der Waals surface area contributed by atoms with Crippen LogP contribution in [0, 0.1) is 4.77 Å². The van der Waals surface area contributed by atoms with Crippen LogP contribution in [-0.4, -0.2) is 22.3 Å². The minimum absolute atomic E-state index is 0.223. The molecule has 100 valence electrons. The normalized spacial score (nSPS) is 10.4. The molecule has 0 aliphatic carbocycles. The van der Waals surface area contributed by atoms with Crippen molar-refractivity contribution in [1.29, 1.82) is 0 Å². The fourth-order valence-corrected chi connectivity index (χ4v) is 1.78. The first-order chi connectivity index (χ1) is 9.02. The number of fused-ring (bicyclic) bond motifs is 1. The maximum absolute atomic E-state index is 12.0. The van der Waals surface area contributed by atoms with Gasteiger partial charge in [-0.05, 0) is 37.3 Å². The summed E-state index contributed by atoms with van der Waals surface area (Å²) in [6, 6.07) is 4.66. The molecule has 0 amide bonds. The van der Waals surface area contributed by atoms with Crippen LogP contribution < -0.4 is 10.3 Å². The molecule has 0 saturated carbocycles. The lowest BCUT2D eigenvalue weighted by Crippen LogP contribution is -2.19. The van der Waals surface area contributed by atoms with Gasteiger partial charge in [-0.2, -0.15) is 0 Å². The number of nitrogens with one attached hydrogen (secondary N) is 1. The van der Waals surface area contributed by atoms with Gasteiger partial charge in [0, 0.05) is 7.05 Å². The highest BCUT2D eigenvalue weighted by Gasteiger charge is 2.08. The largest absolute Gasteiger partial charge is 0.513 e. The number of nitrogens with zero attached hydrogens (tertiary/aromatic N) is 1. The van der Waals surface area contributed by atoms with E-state index in [0.717, 1.165) is 0 Å². The Morgan fingerprint density at radius 2 is 2.21 bits per heavy atom. The quantitative estimate of drug-likeness (QED) is 0.518. The molecule has 7 heteroatoms. The van der Waals surface area contributed by atoms with Gasteiger partial charge in [0.1, 0.15) is 5.75 Å². The Morgan fingerprint density at radius 1 is 1.47 bits per heavy atom. The highest BCUT2D eigenvalue weighted by molar-refractivity contribution is 7.71. The molecule has 0 saturated heterocycles. The van der Waals surface area contributed by atoms with Crippen molar-refractivity contribution in [3.05, 3.63) is 33.3 Å². The van der Waals surface area contributed by atoms with E-state index in [2.05, 4.69) is 9.72 Å². The van der Waals surface area contributed by atoms with Crippen LogP contribution in [0.25, 0.3) is 10.9 Å². The van der Waals surface area contributed by atoms with Gasteiger partial charge in [0.2, 0.25) is 0 Å². The summed E-state index contributed by atoms with van der Waals surface area (Å²) in [5, 5.41) is 0.387. The van der Waals surface area contributed by atoms with E-state index in [1.165, 1.54) is 10.6 Å². The lowest BCUT2D eigenvalue weighted by atomic mass is 10.2. The molecule has 0 atom stereocenters. The topological polar surface area (TPSA) is 73.3 Å². The van der Waals surface area contributed by atoms with E-state index in [1.807, 2.05) is 0 Å². The van der Waals surface area contributed by atoms with E-state index in [9.17, 15) is 9.59 Å². The van der Waals surface area contributed by atoms with E-state index < -0.39 is 6.16 Å². The van der Waals surface area contributed by atoms with Gasteiger partial charge in [0.15, 0.2) is 4.77 Å². The third-order valence-corrected chi connectivity index (χ3v) is 2.91. The number of carbonyl (C=O) groups is 1. The lowest BCUT2D eigenvalue weighted by Gasteiger charge is -2.06. The summed E-state index contributed by atoms with van der Waals surface area (Å²) in [7, 11) is 1.57. The molecule has 1 heterocycles. The van der Waals surface area contributed by atoms with Crippen molar-refractivity contribution in [2.45, 2.75) is 6.92 Å². The first kappa shape index (κ1) is 13.3. The molecular formula is C12H12N2O4S. The standard InChI is InChI=1S/C12H12N2O4S/c1-3-17-12(16)18-7-4-5-9-8(6-7)10(15)14(2)11(19)13-9/h4-6H,3H2,1-2H3,(H,13,19). The van der Waals surface area contributed by atoms with Gasteiger partial charge in [-0.15, -0.1) is 0 Å². The van der Waals surface area contributed by atoms with Crippen LogP contribution >= 0.6 is 12.2 Å². The number of H-pyrrole nitrogens is 1. The minimum Gasteiger partial charge on any atom is -0.434 e. The van der Waals surface area contributed by atoms with E-state index in [1.54, 1.807) is 26.1 Å². The molecule has 19 heavy (non-hydrogen) atoms. The first-order valence-electron chi connectivity index (χ1n) is 5.60. The van der Waals surface area contributed by atoms with Crippen molar-refractivity contribution in [2.75, 3.05) is 6.61 Å². The van der Waals surface area contributed by atoms with Crippen molar-refractivity contribution >= 4 is 29.3 Å². The second kappa shape index (κ2) is 5.23. The molecule has 2 rings (SSSR count). The number of ether oxygens (including phenoxy) is 2. The molecule has 1 N–H and O–H groups in total. The number of rotatable bonds is 2. The number of aromatic amines is 1. The van der Waals surface area contributed by atoms with Crippen LogP contribution in [0.1, 0.15) is 6.92 Å². The monoisotopic (exact) mass is 280 g/mol. The molecule has 2 aromatic rings. The second-order valence-corrected chi connectivity index (χ2v) is 4.17. The zero-order chi connectivity index (χ0) is 14.0. The Bertz CT molecular complexity index is 747. The van der Waals surface area contributed by atoms with Crippen molar-refractivity contribution in [3.8, 4) is 5.75 Å². The Morgan fingerprint density at radius 3 is 2.89 bits per heavy atom. The highest BCUT2D eigenvalue weighted by atomic mass is 32.1. The summed E-state index contributed by atoms with van der Waals surface area (Å²) in [4.78, 5) is 26.1. The number of aromatic nitrogens is 2. The summed E-state index contributed by atoms with van der Waals surface area (Å²) >= 11 is 5.01. The Balaban J connectivity index is 2.49. The molecule has 0 radical (unpaired) electrons. The predicted molar refractivity (Wildman–Crippen MR) is 72.0 cm³/mol. The van der Waals surface area contributed by atoms with E-state index in [4.69, 9.17) is 17.0 Å². The molecule has 1 aromatic carbocycles. The van der Waals surface area contributed by atoms with Gasteiger partial charge >= 0.3 is 6.16 Å². The van der Waals surface area contributed by atoms with Crippen molar-refractivity contribution in [2.24, 2.45) is 7.05 Å². The Labute approximate surface area is 113 Å². The SMILES string of the molecule is CCOC(=O)Oc1ccc2[nH]c(=S)n(C)c(=O)c2c1. The third-order valence-electron chi connectivity index (χ3n) is 2.54. The summed E-state index contributed by atoms with van der Waals surface area (Å²) < 4.78 is 11.2. The molecule has 0 unspecified atom stereocenters. The molecule has 0 aliphatic rings. The summed E-state index contributed by atoms with van der Waals surface area (Å²) in [5.41, 5.74) is 0.331. The van der Waals surface area contributed by atoms with Crippen molar-refractivity contribution in [1.82, 2.24) is 9.55 Å². The van der Waals surface area contributed by atoms with Crippen LogP contribution in [0.4, 0.5) is 4.79 Å². The number of carbonyl (C=O) groups excluding carboxylic acids is 1. The Hall–Kier alpha value is -2.15. The average Bonchev–Trinajstić information content (AvgIpc) is 2.37. The highest BCUT2D eigenvalue weighted by Crippen LogP contribution is 2.17. The molecule has 0 bridgehead atoms. The molecular weight excluding hydrogens is 268 g/mol. The van der Waals surface area contributed by atoms with E-state index in [-0.39, 0.29) is 17.9 Å². The predicted octanol–water partition coefficient (Wildman–Crippen LogP) is 2.13. The van der Waals surface area contributed by atoms with Gasteiger partial charge in [-0.1, -0.05) is 0 Å². The van der Waals surface area contributed by atoms with Gasteiger partial charge in [0.05, 0.1) is 17.5 Å². The van der Waals surface area contributed by atoms with Crippen molar-refractivity contribution < 1.29 is 14.3 Å². The molecule has 0 spiro atoms. The maximum Gasteiger partial charge on any atom is 0.513 e. The average molecular weight is 280 g/mol. The summed E-state index contributed by atoms with van der Waals surface area (Å²) in [6.07, 6.45) is -0.803. The van der Waals surface area contributed by atoms with Crippen LogP contribution in [-0.2, 0) is 11.8 Å². The van der Waals surface area contributed by atoms with Crippen molar-refractivity contribution in [3.63, 3.8) is 0 Å². The minimum atomic E-state index is -0.803. The maximum atomic E-state index is 12.0. The summed E-state index contributed by atoms with van der Waals surface area (Å²) in [5.74, 6) is 0.244. The fourth-order valence-electron chi connectivity index (χ4n) is 1.59. The molecule has 0 fully saturated rings. The van der Waals surface area contributed by atoms with Gasteiger partial charge in [-0.3, -0.25) is 9.36 Å². The smallest absolute Gasteiger partial charge is 0.434 e. The van der Waals surface area contributed by atoms with Crippen LogP contribution in [0.5, 0.6) is 5.75 Å². The van der Waals surface area contributed by atoms with Crippen LogP contribution in [0.15, 0.2) is 23.0 Å². The Kier molecular flexibility index (Phi) is 3.66.